The van der Waals surface area contributed by atoms with E-state index in [1.807, 2.05) is 13.8 Å². The van der Waals surface area contributed by atoms with Gasteiger partial charge in [0.1, 0.15) is 4.21 Å². The van der Waals surface area contributed by atoms with Gasteiger partial charge in [-0.1, -0.05) is 0 Å². The zero-order valence-electron chi connectivity index (χ0n) is 13.3. The Morgan fingerprint density at radius 1 is 1.30 bits per heavy atom. The van der Waals surface area contributed by atoms with Crippen molar-refractivity contribution in [2.24, 2.45) is 7.05 Å². The molecule has 1 aliphatic rings. The van der Waals surface area contributed by atoms with E-state index in [4.69, 9.17) is 0 Å². The van der Waals surface area contributed by atoms with Crippen molar-refractivity contribution in [3.05, 3.63) is 33.5 Å². The van der Waals surface area contributed by atoms with Crippen molar-refractivity contribution in [3.8, 4) is 0 Å². The molecule has 6 nitrogen and oxygen atoms in total. The quantitative estimate of drug-likeness (QED) is 0.916. The van der Waals surface area contributed by atoms with Gasteiger partial charge in [0.2, 0.25) is 0 Å². The maximum absolute atomic E-state index is 12.4. The van der Waals surface area contributed by atoms with Gasteiger partial charge in [-0.25, -0.2) is 13.1 Å². The molecule has 124 valence electrons. The molecular formula is C15H19N3O3S2. The van der Waals surface area contributed by atoms with Crippen molar-refractivity contribution in [2.75, 3.05) is 0 Å². The molecule has 2 heterocycles. The molecule has 0 unspecified atom stereocenters. The summed E-state index contributed by atoms with van der Waals surface area (Å²) in [5, 5.41) is 4.24. The molecule has 0 radical (unpaired) electrons. The van der Waals surface area contributed by atoms with Crippen LogP contribution < -0.4 is 4.72 Å². The van der Waals surface area contributed by atoms with Crippen molar-refractivity contribution in [1.82, 2.24) is 14.5 Å². The summed E-state index contributed by atoms with van der Waals surface area (Å²) in [6.07, 6.45) is 3.71. The minimum atomic E-state index is -3.86. The fourth-order valence-electron chi connectivity index (χ4n) is 2.85. The van der Waals surface area contributed by atoms with E-state index >= 15 is 0 Å². The molecule has 0 aliphatic heterocycles. The molecule has 0 spiro atoms. The summed E-state index contributed by atoms with van der Waals surface area (Å²) in [5.41, 5.74) is 3.04. The largest absolute Gasteiger partial charge is 0.285 e. The SMILES string of the molecule is Cc1cc(S(=O)(=O)NC(=O)c2nn(C)c3c2CCCC3)sc1C. The molecule has 23 heavy (non-hydrogen) atoms. The molecule has 8 heteroatoms. The summed E-state index contributed by atoms with van der Waals surface area (Å²) < 4.78 is 28.8. The lowest BCUT2D eigenvalue weighted by molar-refractivity contribution is 0.0975. The van der Waals surface area contributed by atoms with E-state index in [2.05, 4.69) is 9.82 Å². The minimum Gasteiger partial charge on any atom is -0.272 e. The predicted molar refractivity (Wildman–Crippen MR) is 88.3 cm³/mol. The van der Waals surface area contributed by atoms with Crippen molar-refractivity contribution < 1.29 is 13.2 Å². The summed E-state index contributed by atoms with van der Waals surface area (Å²) in [5.74, 6) is -0.646. The topological polar surface area (TPSA) is 81.1 Å². The lowest BCUT2D eigenvalue weighted by Gasteiger charge is -2.12. The minimum absolute atomic E-state index is 0.158. The average Bonchev–Trinajstić information content (AvgIpc) is 3.01. The summed E-state index contributed by atoms with van der Waals surface area (Å²) in [6.45, 7) is 3.71. The van der Waals surface area contributed by atoms with Gasteiger partial charge in [-0.2, -0.15) is 5.10 Å². The van der Waals surface area contributed by atoms with Crippen LogP contribution in [0.1, 0.15) is 45.0 Å². The zero-order valence-corrected chi connectivity index (χ0v) is 15.0. The molecule has 2 aromatic heterocycles. The van der Waals surface area contributed by atoms with E-state index in [1.165, 1.54) is 0 Å². The number of hydrogen-bond donors (Lipinski definition) is 1. The maximum Gasteiger partial charge on any atom is 0.285 e. The molecular weight excluding hydrogens is 334 g/mol. The van der Waals surface area contributed by atoms with Crippen molar-refractivity contribution >= 4 is 27.3 Å². The summed E-state index contributed by atoms with van der Waals surface area (Å²) >= 11 is 1.16. The predicted octanol–water partition coefficient (Wildman–Crippen LogP) is 2.10. The fraction of sp³-hybridized carbons (Fsp3) is 0.467. The van der Waals surface area contributed by atoms with Gasteiger partial charge in [0.15, 0.2) is 5.69 Å². The van der Waals surface area contributed by atoms with Gasteiger partial charge in [-0.15, -0.1) is 11.3 Å². The second-order valence-electron chi connectivity index (χ2n) is 5.84. The third-order valence-corrected chi connectivity index (χ3v) is 7.17. The van der Waals surface area contributed by atoms with Crippen LogP contribution in [-0.2, 0) is 29.9 Å². The highest BCUT2D eigenvalue weighted by Gasteiger charge is 2.28. The van der Waals surface area contributed by atoms with E-state index in [9.17, 15) is 13.2 Å². The van der Waals surface area contributed by atoms with E-state index in [1.54, 1.807) is 17.8 Å². The molecule has 3 rings (SSSR count). The number of nitrogens with one attached hydrogen (secondary N) is 1. The average molecular weight is 353 g/mol. The fourth-order valence-corrected chi connectivity index (χ4v) is 5.32. The smallest absolute Gasteiger partial charge is 0.272 e. The molecule has 0 saturated carbocycles. The number of amides is 1. The number of rotatable bonds is 3. The first-order valence-corrected chi connectivity index (χ1v) is 9.78. The highest BCUT2D eigenvalue weighted by Crippen LogP contribution is 2.26. The summed E-state index contributed by atoms with van der Waals surface area (Å²) in [4.78, 5) is 13.4. The van der Waals surface area contributed by atoms with Gasteiger partial charge in [0, 0.05) is 23.2 Å². The van der Waals surface area contributed by atoms with Crippen molar-refractivity contribution in [3.63, 3.8) is 0 Å². The van der Waals surface area contributed by atoms with Crippen LogP contribution in [-0.4, -0.2) is 24.1 Å². The van der Waals surface area contributed by atoms with Gasteiger partial charge in [-0.3, -0.25) is 9.48 Å². The van der Waals surface area contributed by atoms with Gasteiger partial charge in [-0.05, 0) is 51.2 Å². The van der Waals surface area contributed by atoms with Crippen LogP contribution >= 0.6 is 11.3 Å². The van der Waals surface area contributed by atoms with Gasteiger partial charge in [0.25, 0.3) is 15.9 Å². The summed E-state index contributed by atoms with van der Waals surface area (Å²) in [6, 6.07) is 1.59. The second kappa shape index (κ2) is 5.76. The highest BCUT2D eigenvalue weighted by atomic mass is 32.2. The Morgan fingerprint density at radius 3 is 2.65 bits per heavy atom. The van der Waals surface area contributed by atoms with Crippen LogP contribution in [0.15, 0.2) is 10.3 Å². The van der Waals surface area contributed by atoms with Gasteiger partial charge >= 0.3 is 0 Å². The third kappa shape index (κ3) is 2.92. The van der Waals surface area contributed by atoms with Crippen LogP contribution in [0.3, 0.4) is 0 Å². The number of aryl methyl sites for hydroxylation is 3. The van der Waals surface area contributed by atoms with Crippen LogP contribution in [0.2, 0.25) is 0 Å². The Labute approximate surface area is 139 Å². The molecule has 1 aliphatic carbocycles. The van der Waals surface area contributed by atoms with Crippen LogP contribution in [0.4, 0.5) is 0 Å². The lowest BCUT2D eigenvalue weighted by atomic mass is 9.95. The Morgan fingerprint density at radius 2 is 2.00 bits per heavy atom. The van der Waals surface area contributed by atoms with Crippen molar-refractivity contribution in [2.45, 2.75) is 43.7 Å². The Bertz CT molecular complexity index is 859. The monoisotopic (exact) mass is 353 g/mol. The molecule has 0 saturated heterocycles. The first kappa shape index (κ1) is 16.2. The normalized spacial score (nSPS) is 14.6. The van der Waals surface area contributed by atoms with E-state index in [0.717, 1.165) is 58.7 Å². The molecule has 1 amide bonds. The number of nitrogens with zero attached hydrogens (tertiary/aromatic N) is 2. The number of thiophene rings is 1. The van der Waals surface area contributed by atoms with E-state index < -0.39 is 15.9 Å². The number of fused-ring (bicyclic) bond motifs is 1. The number of aromatic nitrogens is 2. The molecule has 0 atom stereocenters. The van der Waals surface area contributed by atoms with Gasteiger partial charge in [0.05, 0.1) is 0 Å². The Kier molecular flexibility index (Phi) is 4.05. The third-order valence-electron chi connectivity index (χ3n) is 4.22. The standard InChI is InChI=1S/C15H19N3O3S2/c1-9-8-13(22-10(9)2)23(20,21)17-15(19)14-11-6-4-5-7-12(11)18(3)16-14/h8H,4-7H2,1-3H3,(H,17,19). The van der Waals surface area contributed by atoms with Crippen LogP contribution in [0, 0.1) is 13.8 Å². The number of carbonyl (C=O) groups is 1. The lowest BCUT2D eigenvalue weighted by Crippen LogP contribution is -2.31. The molecule has 1 N–H and O–H groups in total. The maximum atomic E-state index is 12.4. The highest BCUT2D eigenvalue weighted by molar-refractivity contribution is 7.92. The second-order valence-corrected chi connectivity index (χ2v) is 9.01. The number of carbonyl (C=O) groups excluding carboxylic acids is 1. The van der Waals surface area contributed by atoms with E-state index in [-0.39, 0.29) is 9.90 Å². The molecule has 2 aromatic rings. The first-order valence-electron chi connectivity index (χ1n) is 7.48. The molecule has 0 aromatic carbocycles. The number of hydrogen-bond acceptors (Lipinski definition) is 5. The summed E-state index contributed by atoms with van der Waals surface area (Å²) in [7, 11) is -2.06. The Hall–Kier alpha value is -1.67. The first-order chi connectivity index (χ1) is 10.8. The van der Waals surface area contributed by atoms with E-state index in [0.29, 0.717) is 0 Å². The molecule has 0 fully saturated rings. The van der Waals surface area contributed by atoms with Crippen LogP contribution in [0.25, 0.3) is 0 Å². The number of sulfonamides is 1. The molecule has 0 bridgehead atoms. The Balaban J connectivity index is 1.90. The van der Waals surface area contributed by atoms with Crippen LogP contribution in [0.5, 0.6) is 0 Å². The zero-order chi connectivity index (χ0) is 16.8. The van der Waals surface area contributed by atoms with Gasteiger partial charge < -0.3 is 0 Å². The van der Waals surface area contributed by atoms with Crippen molar-refractivity contribution in [1.29, 1.82) is 0 Å².